The summed E-state index contributed by atoms with van der Waals surface area (Å²) < 4.78 is 33.7. The molecule has 1 saturated heterocycles. The van der Waals surface area contributed by atoms with E-state index in [2.05, 4.69) is 9.97 Å². The fourth-order valence-corrected chi connectivity index (χ4v) is 5.37. The van der Waals surface area contributed by atoms with E-state index in [0.717, 1.165) is 18.2 Å². The lowest BCUT2D eigenvalue weighted by Gasteiger charge is -2.24. The van der Waals surface area contributed by atoms with E-state index < -0.39 is 11.2 Å². The van der Waals surface area contributed by atoms with Crippen LogP contribution in [0.4, 0.5) is 4.39 Å². The van der Waals surface area contributed by atoms with E-state index >= 15 is 0 Å². The molecule has 7 nitrogen and oxygen atoms in total. The number of carbonyl (C=O) groups is 1. The number of amides is 1. The second-order valence-corrected chi connectivity index (χ2v) is 9.90. The van der Waals surface area contributed by atoms with Gasteiger partial charge in [0.2, 0.25) is 5.95 Å². The molecule has 0 bridgehead atoms. The number of ether oxygens (including phenoxy) is 1. The van der Waals surface area contributed by atoms with Crippen LogP contribution in [0.2, 0.25) is 0 Å². The van der Waals surface area contributed by atoms with Gasteiger partial charge in [-0.05, 0) is 48.3 Å². The zero-order valence-electron chi connectivity index (χ0n) is 19.5. The van der Waals surface area contributed by atoms with Crippen LogP contribution in [0.5, 0.6) is 0 Å². The molecule has 0 spiro atoms. The molecule has 2 unspecified atom stereocenters. The van der Waals surface area contributed by atoms with Crippen molar-refractivity contribution in [2.45, 2.75) is 23.8 Å². The smallest absolute Gasteiger partial charge is 0.254 e. The first-order valence-corrected chi connectivity index (χ1v) is 12.9. The Balaban J connectivity index is 1.55. The Bertz CT molecular complexity index is 1370. The number of carbonyl (C=O) groups excluding carboxylic acids is 1. The SMILES string of the molecule is COCC1CCCN1C(=O)c1ccc2c([S+](C)[O-])cn(-c3ncc(-c4ccccc4F)cn3)c2c1. The first-order chi connectivity index (χ1) is 17.0. The topological polar surface area (TPSA) is 83.3 Å². The number of hydrogen-bond donors (Lipinski definition) is 0. The molecule has 1 amide bonds. The molecule has 4 aromatic rings. The fourth-order valence-electron chi connectivity index (χ4n) is 4.64. The van der Waals surface area contributed by atoms with Gasteiger partial charge in [0.05, 0.1) is 29.7 Å². The minimum Gasteiger partial charge on any atom is -0.612 e. The molecule has 1 fully saturated rings. The maximum atomic E-state index is 14.2. The van der Waals surface area contributed by atoms with Gasteiger partial charge in [-0.25, -0.2) is 14.4 Å². The Hall–Kier alpha value is -3.27. The number of likely N-dealkylation sites (tertiary alicyclic amines) is 1. The Kier molecular flexibility index (Phi) is 6.55. The van der Waals surface area contributed by atoms with Crippen molar-refractivity contribution in [3.05, 3.63) is 72.4 Å². The van der Waals surface area contributed by atoms with Crippen LogP contribution < -0.4 is 0 Å². The Morgan fingerprint density at radius 3 is 2.71 bits per heavy atom. The summed E-state index contributed by atoms with van der Waals surface area (Å²) in [7, 11) is 1.64. The van der Waals surface area contributed by atoms with E-state index in [1.807, 2.05) is 11.0 Å². The number of benzene rings is 2. The minimum absolute atomic E-state index is 0.0583. The summed E-state index contributed by atoms with van der Waals surface area (Å²) in [5, 5.41) is 0.763. The Morgan fingerprint density at radius 1 is 1.23 bits per heavy atom. The van der Waals surface area contributed by atoms with Gasteiger partial charge in [-0.2, -0.15) is 0 Å². The van der Waals surface area contributed by atoms with Crippen LogP contribution in [0.25, 0.3) is 28.0 Å². The van der Waals surface area contributed by atoms with Crippen LogP contribution in [0, 0.1) is 5.82 Å². The van der Waals surface area contributed by atoms with Crippen LogP contribution in [0.15, 0.2) is 66.0 Å². The van der Waals surface area contributed by atoms with Gasteiger partial charge >= 0.3 is 0 Å². The number of hydrogen-bond acceptors (Lipinski definition) is 5. The number of halogens is 1. The van der Waals surface area contributed by atoms with Gasteiger partial charge < -0.3 is 14.2 Å². The molecule has 1 aliphatic rings. The van der Waals surface area contributed by atoms with Crippen LogP contribution in [-0.4, -0.2) is 62.5 Å². The number of aromatic nitrogens is 3. The number of rotatable bonds is 6. The van der Waals surface area contributed by atoms with Crippen LogP contribution >= 0.6 is 0 Å². The van der Waals surface area contributed by atoms with Crippen molar-refractivity contribution in [1.82, 2.24) is 19.4 Å². The standard InChI is InChI=1S/C26H25FN4O3S/c1-34-16-19-6-5-11-30(19)25(32)17-9-10-21-23(12-17)31(15-24(21)35(2)33)26-28-13-18(14-29-26)20-7-3-4-8-22(20)27/h3-4,7-10,12-15,19H,5-6,11,16H2,1-2H3. The number of methoxy groups -OCH3 is 1. The highest BCUT2D eigenvalue weighted by Gasteiger charge is 2.30. The molecule has 0 saturated carbocycles. The lowest BCUT2D eigenvalue weighted by atomic mass is 10.1. The van der Waals surface area contributed by atoms with Crippen LogP contribution in [-0.2, 0) is 15.9 Å². The van der Waals surface area contributed by atoms with E-state index in [1.54, 1.807) is 66.9 Å². The van der Waals surface area contributed by atoms with Crippen molar-refractivity contribution in [1.29, 1.82) is 0 Å². The lowest BCUT2D eigenvalue weighted by molar-refractivity contribution is 0.0631. The highest BCUT2D eigenvalue weighted by atomic mass is 32.2. The molecule has 35 heavy (non-hydrogen) atoms. The third kappa shape index (κ3) is 4.42. The van der Waals surface area contributed by atoms with Gasteiger partial charge in [-0.3, -0.25) is 9.36 Å². The van der Waals surface area contributed by atoms with E-state index in [-0.39, 0.29) is 17.8 Å². The van der Waals surface area contributed by atoms with Gasteiger partial charge in [0.25, 0.3) is 5.91 Å². The van der Waals surface area contributed by atoms with E-state index in [0.29, 0.717) is 46.2 Å². The van der Waals surface area contributed by atoms with E-state index in [1.165, 1.54) is 6.07 Å². The first-order valence-electron chi connectivity index (χ1n) is 11.3. The van der Waals surface area contributed by atoms with Crippen molar-refractivity contribution in [2.75, 3.05) is 26.5 Å². The van der Waals surface area contributed by atoms with Crippen LogP contribution in [0.3, 0.4) is 0 Å². The maximum Gasteiger partial charge on any atom is 0.254 e. The molecule has 0 N–H and O–H groups in total. The summed E-state index contributed by atoms with van der Waals surface area (Å²) in [5.74, 6) is -0.0696. The Labute approximate surface area is 205 Å². The van der Waals surface area contributed by atoms with Gasteiger partial charge in [-0.15, -0.1) is 0 Å². The molecule has 5 rings (SSSR count). The summed E-state index contributed by atoms with van der Waals surface area (Å²) in [5.41, 5.74) is 2.19. The summed E-state index contributed by atoms with van der Waals surface area (Å²) >= 11 is -1.26. The molecule has 1 aliphatic heterocycles. The molecule has 2 aromatic heterocycles. The molecular formula is C26H25FN4O3S. The van der Waals surface area contributed by atoms with Crippen molar-refractivity contribution >= 4 is 28.0 Å². The number of fused-ring (bicyclic) bond motifs is 1. The summed E-state index contributed by atoms with van der Waals surface area (Å²) in [6.07, 6.45) is 8.32. The third-order valence-electron chi connectivity index (χ3n) is 6.36. The predicted molar refractivity (Wildman–Crippen MR) is 133 cm³/mol. The van der Waals surface area contributed by atoms with Crippen molar-refractivity contribution in [2.24, 2.45) is 0 Å². The van der Waals surface area contributed by atoms with Gasteiger partial charge in [0.1, 0.15) is 12.1 Å². The summed E-state index contributed by atoms with van der Waals surface area (Å²) in [6.45, 7) is 1.20. The molecule has 180 valence electrons. The fraction of sp³-hybridized carbons (Fsp3) is 0.269. The molecule has 2 atom stereocenters. The summed E-state index contributed by atoms with van der Waals surface area (Å²) in [4.78, 5) is 24.7. The van der Waals surface area contributed by atoms with Crippen LogP contribution in [0.1, 0.15) is 23.2 Å². The molecule has 3 heterocycles. The van der Waals surface area contributed by atoms with Gasteiger partial charge in [0, 0.05) is 42.7 Å². The van der Waals surface area contributed by atoms with E-state index in [9.17, 15) is 13.7 Å². The second kappa shape index (κ2) is 9.77. The monoisotopic (exact) mass is 492 g/mol. The Morgan fingerprint density at radius 2 is 2.00 bits per heavy atom. The van der Waals surface area contributed by atoms with Gasteiger partial charge in [-0.1, -0.05) is 18.2 Å². The quantitative estimate of drug-likeness (QED) is 0.377. The van der Waals surface area contributed by atoms with Gasteiger partial charge in [0.15, 0.2) is 4.90 Å². The third-order valence-corrected chi connectivity index (χ3v) is 7.31. The summed E-state index contributed by atoms with van der Waals surface area (Å²) in [6, 6.07) is 11.9. The van der Waals surface area contributed by atoms with Crippen molar-refractivity contribution in [3.63, 3.8) is 0 Å². The zero-order chi connectivity index (χ0) is 24.5. The van der Waals surface area contributed by atoms with Crippen molar-refractivity contribution in [3.8, 4) is 17.1 Å². The van der Waals surface area contributed by atoms with Crippen molar-refractivity contribution < 1.29 is 18.5 Å². The highest BCUT2D eigenvalue weighted by Crippen LogP contribution is 2.30. The minimum atomic E-state index is -1.26. The lowest BCUT2D eigenvalue weighted by Crippen LogP contribution is -2.38. The molecule has 0 radical (unpaired) electrons. The molecule has 0 aliphatic carbocycles. The largest absolute Gasteiger partial charge is 0.612 e. The molecule has 2 aromatic carbocycles. The predicted octanol–water partition coefficient (Wildman–Crippen LogP) is 4.22. The van der Waals surface area contributed by atoms with E-state index in [4.69, 9.17) is 4.74 Å². The average Bonchev–Trinajstić information content (AvgIpc) is 3.49. The average molecular weight is 493 g/mol. The highest BCUT2D eigenvalue weighted by molar-refractivity contribution is 7.91. The zero-order valence-corrected chi connectivity index (χ0v) is 20.3. The first kappa shape index (κ1) is 23.5. The normalized spacial score (nSPS) is 16.7. The maximum absolute atomic E-state index is 14.2. The molecule has 9 heteroatoms. The number of nitrogens with zero attached hydrogens (tertiary/aromatic N) is 4. The second-order valence-electron chi connectivity index (χ2n) is 8.55. The molecular weight excluding hydrogens is 467 g/mol.